The standard InChI is InChI=1S/C27H41N3O4/c1-5-33-18-21(3)34-26(32)29-12-8-23(9-13-29)17-28-14-10-27(11-15-28)19-30(22(4)31)25-7-6-20(2)16-24(25)27/h6-7,16,21,23H,5,8-15,17-19H2,1-4H3/t21-/m1/s1. The van der Waals surface area contributed by atoms with Gasteiger partial charge in [0.15, 0.2) is 0 Å². The largest absolute Gasteiger partial charge is 0.444 e. The summed E-state index contributed by atoms with van der Waals surface area (Å²) in [7, 11) is 0. The molecule has 0 radical (unpaired) electrons. The smallest absolute Gasteiger partial charge is 0.410 e. The van der Waals surface area contributed by atoms with Gasteiger partial charge in [-0.05, 0) is 77.1 Å². The normalized spacial score (nSPS) is 21.5. The van der Waals surface area contributed by atoms with Gasteiger partial charge in [-0.15, -0.1) is 0 Å². The first-order valence-electron chi connectivity index (χ1n) is 13.0. The van der Waals surface area contributed by atoms with Gasteiger partial charge in [0.25, 0.3) is 0 Å². The number of amides is 2. The molecule has 1 atom stereocenters. The number of fused-ring (bicyclic) bond motifs is 2. The van der Waals surface area contributed by atoms with Crippen molar-refractivity contribution < 1.29 is 19.1 Å². The van der Waals surface area contributed by atoms with Gasteiger partial charge in [-0.1, -0.05) is 17.7 Å². The number of ether oxygens (including phenoxy) is 2. The number of anilines is 1. The Morgan fingerprint density at radius 3 is 2.50 bits per heavy atom. The molecular weight excluding hydrogens is 430 g/mol. The highest BCUT2D eigenvalue weighted by Crippen LogP contribution is 2.47. The number of nitrogens with zero attached hydrogens (tertiary/aromatic N) is 3. The van der Waals surface area contributed by atoms with E-state index in [1.807, 2.05) is 23.6 Å². The number of hydrogen-bond acceptors (Lipinski definition) is 5. The Balaban J connectivity index is 1.26. The molecule has 188 valence electrons. The van der Waals surface area contributed by atoms with Crippen molar-refractivity contribution in [2.24, 2.45) is 5.92 Å². The first kappa shape index (κ1) is 25.0. The topological polar surface area (TPSA) is 62.3 Å². The summed E-state index contributed by atoms with van der Waals surface area (Å²) in [6, 6.07) is 6.55. The number of carbonyl (C=O) groups is 2. The van der Waals surface area contributed by atoms with Crippen molar-refractivity contribution in [1.82, 2.24) is 9.80 Å². The minimum atomic E-state index is -0.214. The predicted molar refractivity (Wildman–Crippen MR) is 133 cm³/mol. The summed E-state index contributed by atoms with van der Waals surface area (Å²) < 4.78 is 10.9. The van der Waals surface area contributed by atoms with Gasteiger partial charge in [0.1, 0.15) is 6.10 Å². The molecule has 2 amide bonds. The predicted octanol–water partition coefficient (Wildman–Crippen LogP) is 3.97. The number of likely N-dealkylation sites (tertiary alicyclic amines) is 2. The van der Waals surface area contributed by atoms with Crippen molar-refractivity contribution in [3.8, 4) is 0 Å². The lowest BCUT2D eigenvalue weighted by Crippen LogP contribution is -2.48. The zero-order valence-electron chi connectivity index (χ0n) is 21.3. The molecule has 0 bridgehead atoms. The fourth-order valence-electron chi connectivity index (χ4n) is 5.88. The second-order valence-corrected chi connectivity index (χ2v) is 10.5. The number of aryl methyl sites for hydroxylation is 1. The highest BCUT2D eigenvalue weighted by Gasteiger charge is 2.45. The summed E-state index contributed by atoms with van der Waals surface area (Å²) in [6.07, 6.45) is 3.81. The van der Waals surface area contributed by atoms with Gasteiger partial charge in [-0.2, -0.15) is 0 Å². The van der Waals surface area contributed by atoms with Crippen LogP contribution in [0.25, 0.3) is 0 Å². The van der Waals surface area contributed by atoms with Crippen LogP contribution in [0.3, 0.4) is 0 Å². The zero-order chi connectivity index (χ0) is 24.3. The van der Waals surface area contributed by atoms with Crippen LogP contribution in [0.15, 0.2) is 18.2 Å². The molecule has 0 saturated carbocycles. The molecule has 0 unspecified atom stereocenters. The number of piperidine rings is 2. The average molecular weight is 472 g/mol. The first-order chi connectivity index (χ1) is 16.3. The third-order valence-electron chi connectivity index (χ3n) is 7.92. The Morgan fingerprint density at radius 2 is 1.85 bits per heavy atom. The van der Waals surface area contributed by atoms with E-state index >= 15 is 0 Å². The van der Waals surface area contributed by atoms with Gasteiger partial charge < -0.3 is 24.2 Å². The maximum Gasteiger partial charge on any atom is 0.410 e. The van der Waals surface area contributed by atoms with Gasteiger partial charge in [-0.3, -0.25) is 4.79 Å². The number of benzene rings is 1. The minimum Gasteiger partial charge on any atom is -0.444 e. The summed E-state index contributed by atoms with van der Waals surface area (Å²) in [6.45, 7) is 14.3. The SMILES string of the molecule is CCOC[C@@H](C)OC(=O)N1CCC(CN2CCC3(CC2)CN(C(C)=O)c2ccc(C)cc23)CC1. The van der Waals surface area contributed by atoms with E-state index in [2.05, 4.69) is 30.0 Å². The van der Waals surface area contributed by atoms with Crippen molar-refractivity contribution in [3.05, 3.63) is 29.3 Å². The highest BCUT2D eigenvalue weighted by atomic mass is 16.6. The van der Waals surface area contributed by atoms with Crippen LogP contribution < -0.4 is 4.90 Å². The van der Waals surface area contributed by atoms with Crippen molar-refractivity contribution in [2.75, 3.05) is 57.4 Å². The quantitative estimate of drug-likeness (QED) is 0.628. The Hall–Kier alpha value is -2.12. The lowest BCUT2D eigenvalue weighted by Gasteiger charge is -2.42. The Labute approximate surface area is 204 Å². The maximum atomic E-state index is 12.4. The molecule has 0 aliphatic carbocycles. The van der Waals surface area contributed by atoms with Gasteiger partial charge in [0, 0.05) is 50.8 Å². The molecule has 1 aromatic rings. The van der Waals surface area contributed by atoms with E-state index in [-0.39, 0.29) is 23.5 Å². The molecule has 7 nitrogen and oxygen atoms in total. The summed E-state index contributed by atoms with van der Waals surface area (Å²) in [5.74, 6) is 0.757. The van der Waals surface area contributed by atoms with Crippen LogP contribution in [0.2, 0.25) is 0 Å². The van der Waals surface area contributed by atoms with Crippen LogP contribution in [-0.4, -0.2) is 80.4 Å². The second-order valence-electron chi connectivity index (χ2n) is 10.5. The zero-order valence-corrected chi connectivity index (χ0v) is 21.3. The van der Waals surface area contributed by atoms with Crippen molar-refractivity contribution in [3.63, 3.8) is 0 Å². The molecule has 1 spiro atoms. The van der Waals surface area contributed by atoms with E-state index in [0.717, 1.165) is 70.6 Å². The van der Waals surface area contributed by atoms with Crippen LogP contribution >= 0.6 is 0 Å². The van der Waals surface area contributed by atoms with Gasteiger partial charge >= 0.3 is 6.09 Å². The minimum absolute atomic E-state index is 0.0921. The third kappa shape index (κ3) is 5.41. The molecule has 2 fully saturated rings. The molecular formula is C27H41N3O4. The molecule has 3 aliphatic heterocycles. The van der Waals surface area contributed by atoms with Crippen LogP contribution in [-0.2, 0) is 19.7 Å². The molecule has 3 heterocycles. The van der Waals surface area contributed by atoms with Crippen molar-refractivity contribution >= 4 is 17.7 Å². The monoisotopic (exact) mass is 471 g/mol. The highest BCUT2D eigenvalue weighted by molar-refractivity contribution is 5.94. The van der Waals surface area contributed by atoms with Crippen molar-refractivity contribution in [2.45, 2.75) is 64.9 Å². The number of hydrogen-bond donors (Lipinski definition) is 0. The van der Waals surface area contributed by atoms with E-state index in [9.17, 15) is 9.59 Å². The van der Waals surface area contributed by atoms with E-state index in [1.165, 1.54) is 11.1 Å². The summed E-state index contributed by atoms with van der Waals surface area (Å²) in [4.78, 5) is 31.1. The first-order valence-corrected chi connectivity index (χ1v) is 13.0. The third-order valence-corrected chi connectivity index (χ3v) is 7.92. The Bertz CT molecular complexity index is 873. The number of rotatable bonds is 6. The summed E-state index contributed by atoms with van der Waals surface area (Å²) in [5.41, 5.74) is 3.84. The molecule has 2 saturated heterocycles. The van der Waals surface area contributed by atoms with Gasteiger partial charge in [-0.25, -0.2) is 4.79 Å². The van der Waals surface area contributed by atoms with E-state index in [4.69, 9.17) is 9.47 Å². The average Bonchev–Trinajstić information content (AvgIpc) is 3.13. The Kier molecular flexibility index (Phi) is 7.83. The van der Waals surface area contributed by atoms with Crippen molar-refractivity contribution in [1.29, 1.82) is 0 Å². The lowest BCUT2D eigenvalue weighted by atomic mass is 9.74. The van der Waals surface area contributed by atoms with E-state index in [0.29, 0.717) is 19.1 Å². The van der Waals surface area contributed by atoms with E-state index in [1.54, 1.807) is 6.92 Å². The second kappa shape index (κ2) is 10.6. The lowest BCUT2D eigenvalue weighted by molar-refractivity contribution is -0.116. The summed E-state index contributed by atoms with van der Waals surface area (Å²) in [5, 5.41) is 0. The fraction of sp³-hybridized carbons (Fsp3) is 0.704. The molecule has 3 aliphatic rings. The van der Waals surface area contributed by atoms with Crippen LogP contribution in [0, 0.1) is 12.8 Å². The van der Waals surface area contributed by atoms with Crippen LogP contribution in [0.5, 0.6) is 0 Å². The molecule has 4 rings (SSSR count). The molecule has 0 N–H and O–H groups in total. The molecule has 7 heteroatoms. The molecule has 34 heavy (non-hydrogen) atoms. The molecule has 1 aromatic carbocycles. The van der Waals surface area contributed by atoms with E-state index < -0.39 is 0 Å². The summed E-state index contributed by atoms with van der Waals surface area (Å²) >= 11 is 0. The van der Waals surface area contributed by atoms with Gasteiger partial charge in [0.2, 0.25) is 5.91 Å². The Morgan fingerprint density at radius 1 is 1.15 bits per heavy atom. The van der Waals surface area contributed by atoms with Gasteiger partial charge in [0.05, 0.1) is 6.61 Å². The van der Waals surface area contributed by atoms with Crippen LogP contribution in [0.1, 0.15) is 57.6 Å². The van der Waals surface area contributed by atoms with Crippen LogP contribution in [0.4, 0.5) is 10.5 Å². The fourth-order valence-corrected chi connectivity index (χ4v) is 5.88. The molecule has 0 aromatic heterocycles. The number of carbonyl (C=O) groups excluding carboxylic acids is 2. The maximum absolute atomic E-state index is 12.4.